The number of rotatable bonds is 6. The van der Waals surface area contributed by atoms with Crippen LogP contribution in [0, 0.1) is 0 Å². The van der Waals surface area contributed by atoms with Crippen molar-refractivity contribution in [2.75, 3.05) is 10.3 Å². The van der Waals surface area contributed by atoms with Gasteiger partial charge in [0.25, 0.3) is 5.91 Å². The minimum absolute atomic E-state index is 0.166. The molecule has 4 heteroatoms. The first-order valence-corrected chi connectivity index (χ1v) is 9.43. The smallest absolute Gasteiger partial charge is 0.270 e. The van der Waals surface area contributed by atoms with Crippen LogP contribution in [0.2, 0.25) is 0 Å². The molecular weight excluding hydrogens is 358 g/mol. The van der Waals surface area contributed by atoms with Crippen molar-refractivity contribution in [3.05, 3.63) is 121 Å². The van der Waals surface area contributed by atoms with Crippen LogP contribution in [0.3, 0.4) is 0 Å². The molecule has 0 saturated carbocycles. The summed E-state index contributed by atoms with van der Waals surface area (Å²) in [4.78, 5) is 12.7. The van der Waals surface area contributed by atoms with Gasteiger partial charge in [0, 0.05) is 16.9 Å². The third kappa shape index (κ3) is 4.62. The molecule has 0 spiro atoms. The van der Waals surface area contributed by atoms with Crippen LogP contribution in [-0.2, 0) is 0 Å². The van der Waals surface area contributed by atoms with E-state index in [4.69, 9.17) is 0 Å². The number of nitrogens with one attached hydrogen (secondary N) is 2. The Hall–Kier alpha value is -4.05. The first-order chi connectivity index (χ1) is 14.3. The summed E-state index contributed by atoms with van der Waals surface area (Å²) >= 11 is 0. The van der Waals surface area contributed by atoms with Crippen molar-refractivity contribution in [3.8, 4) is 0 Å². The predicted octanol–water partition coefficient (Wildman–Crippen LogP) is 5.91. The highest BCUT2D eigenvalue weighted by molar-refractivity contribution is 5.96. The molecule has 0 aliphatic heterocycles. The van der Waals surface area contributed by atoms with Gasteiger partial charge in [-0.25, -0.2) is 0 Å². The van der Waals surface area contributed by atoms with Crippen molar-refractivity contribution >= 4 is 28.7 Å². The number of carbonyl (C=O) groups is 1. The van der Waals surface area contributed by atoms with E-state index in [2.05, 4.69) is 10.7 Å². The van der Waals surface area contributed by atoms with E-state index < -0.39 is 0 Å². The van der Waals surface area contributed by atoms with E-state index in [0.717, 1.165) is 22.7 Å². The highest BCUT2D eigenvalue weighted by atomic mass is 16.2. The highest BCUT2D eigenvalue weighted by Crippen LogP contribution is 2.26. The molecule has 0 atom stereocenters. The van der Waals surface area contributed by atoms with E-state index in [1.807, 2.05) is 103 Å². The third-order valence-corrected chi connectivity index (χ3v) is 4.45. The van der Waals surface area contributed by atoms with E-state index >= 15 is 0 Å². The molecule has 0 fully saturated rings. The van der Waals surface area contributed by atoms with Gasteiger partial charge in [-0.3, -0.25) is 15.2 Å². The van der Waals surface area contributed by atoms with Gasteiger partial charge in [-0.1, -0.05) is 54.6 Å². The second kappa shape index (κ2) is 8.76. The number of nitrogens with zero attached hydrogens (tertiary/aromatic N) is 1. The van der Waals surface area contributed by atoms with Crippen molar-refractivity contribution in [1.29, 1.82) is 0 Å². The van der Waals surface area contributed by atoms with Crippen molar-refractivity contribution in [1.82, 2.24) is 5.43 Å². The fourth-order valence-corrected chi connectivity index (χ4v) is 2.99. The maximum Gasteiger partial charge on any atom is 0.270 e. The Morgan fingerprint density at radius 1 is 0.552 bits per heavy atom. The van der Waals surface area contributed by atoms with Gasteiger partial charge < -0.3 is 5.32 Å². The van der Waals surface area contributed by atoms with Crippen LogP contribution >= 0.6 is 0 Å². The molecule has 142 valence electrons. The van der Waals surface area contributed by atoms with Crippen molar-refractivity contribution in [2.24, 2.45) is 0 Å². The lowest BCUT2D eigenvalue weighted by Gasteiger charge is -2.26. The van der Waals surface area contributed by atoms with E-state index in [9.17, 15) is 4.79 Å². The lowest BCUT2D eigenvalue weighted by Crippen LogP contribution is -2.38. The summed E-state index contributed by atoms with van der Waals surface area (Å²) in [5, 5.41) is 5.16. The zero-order valence-corrected chi connectivity index (χ0v) is 15.8. The molecule has 2 N–H and O–H groups in total. The molecule has 1 amide bonds. The molecule has 4 aromatic carbocycles. The number of amides is 1. The summed E-state index contributed by atoms with van der Waals surface area (Å²) < 4.78 is 0. The first-order valence-electron chi connectivity index (χ1n) is 9.43. The van der Waals surface area contributed by atoms with Gasteiger partial charge in [0.05, 0.1) is 11.4 Å². The molecule has 0 bridgehead atoms. The summed E-state index contributed by atoms with van der Waals surface area (Å²) in [6.45, 7) is 0. The first kappa shape index (κ1) is 18.3. The van der Waals surface area contributed by atoms with Crippen LogP contribution in [0.4, 0.5) is 22.7 Å². The number of hydrogen-bond acceptors (Lipinski definition) is 3. The molecule has 29 heavy (non-hydrogen) atoms. The largest absolute Gasteiger partial charge is 0.356 e. The number of hydrazine groups is 1. The monoisotopic (exact) mass is 379 g/mol. The summed E-state index contributed by atoms with van der Waals surface area (Å²) in [7, 11) is 0. The minimum Gasteiger partial charge on any atom is -0.356 e. The van der Waals surface area contributed by atoms with Crippen LogP contribution in [0.1, 0.15) is 10.4 Å². The Balaban J connectivity index is 1.58. The molecule has 0 aliphatic carbocycles. The van der Waals surface area contributed by atoms with Gasteiger partial charge in [-0.15, -0.1) is 0 Å². The zero-order valence-electron chi connectivity index (χ0n) is 15.8. The molecule has 4 aromatic rings. The summed E-state index contributed by atoms with van der Waals surface area (Å²) in [6.07, 6.45) is 0. The number of benzene rings is 4. The molecular formula is C25H21N3O. The van der Waals surface area contributed by atoms with Gasteiger partial charge >= 0.3 is 0 Å². The van der Waals surface area contributed by atoms with Crippen molar-refractivity contribution in [3.63, 3.8) is 0 Å². The van der Waals surface area contributed by atoms with E-state index in [-0.39, 0.29) is 5.91 Å². The van der Waals surface area contributed by atoms with E-state index in [0.29, 0.717) is 5.56 Å². The maximum absolute atomic E-state index is 12.7. The Kier molecular flexibility index (Phi) is 5.53. The second-order valence-corrected chi connectivity index (χ2v) is 6.52. The molecule has 4 nitrogen and oxygen atoms in total. The predicted molar refractivity (Wildman–Crippen MR) is 119 cm³/mol. The van der Waals surface area contributed by atoms with Crippen LogP contribution in [0.25, 0.3) is 0 Å². The molecule has 0 heterocycles. The van der Waals surface area contributed by atoms with Crippen molar-refractivity contribution in [2.45, 2.75) is 0 Å². The average Bonchev–Trinajstić information content (AvgIpc) is 2.80. The Labute approximate surface area is 170 Å². The summed E-state index contributed by atoms with van der Waals surface area (Å²) in [6, 6.07) is 36.9. The molecule has 0 unspecified atom stereocenters. The number of para-hydroxylation sites is 2. The lowest BCUT2D eigenvalue weighted by atomic mass is 10.2. The van der Waals surface area contributed by atoms with E-state index in [1.54, 1.807) is 17.1 Å². The van der Waals surface area contributed by atoms with Crippen LogP contribution < -0.4 is 15.8 Å². The molecule has 0 aliphatic rings. The van der Waals surface area contributed by atoms with Gasteiger partial charge in [0.2, 0.25) is 0 Å². The Morgan fingerprint density at radius 3 is 1.66 bits per heavy atom. The van der Waals surface area contributed by atoms with Crippen LogP contribution in [0.15, 0.2) is 115 Å². The standard InChI is InChI=1S/C25H21N3O/c29-25(20-10-4-1-5-11-20)27-28(23-14-8-3-9-15-23)24-18-16-22(17-19-24)26-21-12-6-2-7-13-21/h1-19,26H,(H,27,29). The Morgan fingerprint density at radius 2 is 1.03 bits per heavy atom. The summed E-state index contributed by atoms with van der Waals surface area (Å²) in [5.41, 5.74) is 7.35. The molecule has 0 aromatic heterocycles. The highest BCUT2D eigenvalue weighted by Gasteiger charge is 2.14. The maximum atomic E-state index is 12.7. The second-order valence-electron chi connectivity index (χ2n) is 6.52. The number of carbonyl (C=O) groups excluding carboxylic acids is 1. The average molecular weight is 379 g/mol. The van der Waals surface area contributed by atoms with E-state index in [1.165, 1.54) is 0 Å². The Bertz CT molecular complexity index is 1050. The van der Waals surface area contributed by atoms with Crippen LogP contribution in [0.5, 0.6) is 0 Å². The number of anilines is 4. The fraction of sp³-hybridized carbons (Fsp3) is 0. The van der Waals surface area contributed by atoms with Crippen molar-refractivity contribution < 1.29 is 4.79 Å². The third-order valence-electron chi connectivity index (χ3n) is 4.45. The van der Waals surface area contributed by atoms with Crippen LogP contribution in [-0.4, -0.2) is 5.91 Å². The topological polar surface area (TPSA) is 44.4 Å². The molecule has 0 saturated heterocycles. The fourth-order valence-electron chi connectivity index (χ4n) is 2.99. The van der Waals surface area contributed by atoms with Gasteiger partial charge in [-0.05, 0) is 60.7 Å². The zero-order chi connectivity index (χ0) is 19.9. The quantitative estimate of drug-likeness (QED) is 0.409. The van der Waals surface area contributed by atoms with Gasteiger partial charge in [0.1, 0.15) is 0 Å². The molecule has 0 radical (unpaired) electrons. The van der Waals surface area contributed by atoms with Gasteiger partial charge in [-0.2, -0.15) is 0 Å². The number of hydrogen-bond donors (Lipinski definition) is 2. The SMILES string of the molecule is O=C(NN(c1ccccc1)c1ccc(Nc2ccccc2)cc1)c1ccccc1. The van der Waals surface area contributed by atoms with Gasteiger partial charge in [0.15, 0.2) is 0 Å². The molecule has 4 rings (SSSR count). The lowest BCUT2D eigenvalue weighted by molar-refractivity contribution is 0.0953. The minimum atomic E-state index is -0.166. The summed E-state index contributed by atoms with van der Waals surface area (Å²) in [5.74, 6) is -0.166. The normalized spacial score (nSPS) is 10.2.